The topological polar surface area (TPSA) is 0 Å². The molecule has 0 bridgehead atoms. The van der Waals surface area contributed by atoms with Gasteiger partial charge in [-0.3, -0.25) is 0 Å². The Labute approximate surface area is 135 Å². The SMILES string of the molecule is Fc1c(F)c(F)c(CPCc2c(F)c(F)c(F)c(F)c2F)c(F)c1F. The van der Waals surface area contributed by atoms with Crippen molar-refractivity contribution in [1.29, 1.82) is 0 Å². The third kappa shape index (κ3) is 3.31. The molecule has 0 fully saturated rings. The fourth-order valence-corrected chi connectivity index (χ4v) is 3.17. The maximum atomic E-state index is 13.4. The molecule has 2 aromatic carbocycles. The zero-order chi connectivity index (χ0) is 19.0. The van der Waals surface area contributed by atoms with Crippen LogP contribution in [0.4, 0.5) is 43.9 Å². The summed E-state index contributed by atoms with van der Waals surface area (Å²) in [6.07, 6.45) is -1.71. The van der Waals surface area contributed by atoms with Crippen LogP contribution in [0.3, 0.4) is 0 Å². The summed E-state index contributed by atoms with van der Waals surface area (Å²) in [7, 11) is -0.920. The Morgan fingerprint density at radius 1 is 0.360 bits per heavy atom. The molecule has 0 amide bonds. The van der Waals surface area contributed by atoms with Crippen molar-refractivity contribution in [3.8, 4) is 0 Å². The molecule has 0 unspecified atom stereocenters. The second kappa shape index (κ2) is 7.19. The predicted octanol–water partition coefficient (Wildman–Crippen LogP) is 5.46. The van der Waals surface area contributed by atoms with Crippen LogP contribution in [0.2, 0.25) is 0 Å². The Balaban J connectivity index is 2.29. The Morgan fingerprint density at radius 3 is 0.800 bits per heavy atom. The minimum absolute atomic E-state index is 0.856. The molecule has 2 aromatic rings. The van der Waals surface area contributed by atoms with Gasteiger partial charge >= 0.3 is 0 Å². The lowest BCUT2D eigenvalue weighted by Gasteiger charge is -2.10. The van der Waals surface area contributed by atoms with Crippen LogP contribution in [-0.2, 0) is 12.3 Å². The summed E-state index contributed by atoms with van der Waals surface area (Å²) < 4.78 is 132. The summed E-state index contributed by atoms with van der Waals surface area (Å²) in [4.78, 5) is 0. The van der Waals surface area contributed by atoms with Gasteiger partial charge in [-0.25, -0.2) is 43.9 Å². The van der Waals surface area contributed by atoms with Crippen LogP contribution < -0.4 is 0 Å². The monoisotopic (exact) mass is 394 g/mol. The van der Waals surface area contributed by atoms with Crippen molar-refractivity contribution < 1.29 is 43.9 Å². The van der Waals surface area contributed by atoms with Crippen LogP contribution in [0.15, 0.2) is 0 Å². The largest absolute Gasteiger partial charge is 0.203 e. The summed E-state index contributed by atoms with van der Waals surface area (Å²) in [5.74, 6) is -22.0. The van der Waals surface area contributed by atoms with Gasteiger partial charge in [0.2, 0.25) is 11.6 Å². The average Bonchev–Trinajstić information content (AvgIpc) is 2.60. The Morgan fingerprint density at radius 2 is 0.560 bits per heavy atom. The Kier molecular flexibility index (Phi) is 5.61. The summed E-state index contributed by atoms with van der Waals surface area (Å²) in [6.45, 7) is 0. The van der Waals surface area contributed by atoms with E-state index in [-0.39, 0.29) is 0 Å². The molecule has 0 aliphatic heterocycles. The van der Waals surface area contributed by atoms with Crippen LogP contribution in [0.1, 0.15) is 11.1 Å². The standard InChI is InChI=1S/C14H5F10P/c15-5-3(6(16)10(20)13(23)9(5)19)1-25-2-4-7(17)11(21)14(24)12(22)8(4)18/h25H,1-2H2. The lowest BCUT2D eigenvalue weighted by atomic mass is 10.2. The molecule has 0 radical (unpaired) electrons. The highest BCUT2D eigenvalue weighted by Crippen LogP contribution is 2.33. The molecule has 0 saturated heterocycles. The van der Waals surface area contributed by atoms with Gasteiger partial charge in [-0.05, 0) is 12.3 Å². The zero-order valence-electron chi connectivity index (χ0n) is 11.7. The van der Waals surface area contributed by atoms with E-state index in [1.54, 1.807) is 0 Å². The number of benzene rings is 2. The predicted molar refractivity (Wildman–Crippen MR) is 68.2 cm³/mol. The minimum Gasteiger partial charge on any atom is -0.203 e. The Bertz CT molecular complexity index is 721. The van der Waals surface area contributed by atoms with Crippen molar-refractivity contribution in [2.24, 2.45) is 0 Å². The summed E-state index contributed by atoms with van der Waals surface area (Å²) in [5.41, 5.74) is -2.47. The minimum atomic E-state index is -2.37. The van der Waals surface area contributed by atoms with E-state index in [1.807, 2.05) is 0 Å². The summed E-state index contributed by atoms with van der Waals surface area (Å²) in [5, 5.41) is 0. The van der Waals surface area contributed by atoms with Crippen LogP contribution in [0, 0.1) is 58.2 Å². The van der Waals surface area contributed by atoms with Crippen molar-refractivity contribution in [3.63, 3.8) is 0 Å². The molecule has 11 heteroatoms. The first-order valence-electron chi connectivity index (χ1n) is 6.30. The molecule has 0 N–H and O–H groups in total. The average molecular weight is 394 g/mol. The lowest BCUT2D eigenvalue weighted by Crippen LogP contribution is -2.07. The molecule has 136 valence electrons. The van der Waals surface area contributed by atoms with Gasteiger partial charge in [0.05, 0.1) is 0 Å². The molecule has 25 heavy (non-hydrogen) atoms. The van der Waals surface area contributed by atoms with E-state index in [4.69, 9.17) is 0 Å². The van der Waals surface area contributed by atoms with E-state index in [0.29, 0.717) is 0 Å². The van der Waals surface area contributed by atoms with Gasteiger partial charge in [0, 0.05) is 11.1 Å². The highest BCUT2D eigenvalue weighted by molar-refractivity contribution is 7.36. The fourth-order valence-electron chi connectivity index (χ4n) is 1.92. The first-order valence-corrected chi connectivity index (χ1v) is 7.72. The number of halogens is 10. The van der Waals surface area contributed by atoms with Gasteiger partial charge in [0.15, 0.2) is 46.5 Å². The normalized spacial score (nSPS) is 11.3. The summed E-state index contributed by atoms with van der Waals surface area (Å²) in [6, 6.07) is 0. The van der Waals surface area contributed by atoms with Crippen LogP contribution in [-0.4, -0.2) is 0 Å². The van der Waals surface area contributed by atoms with Crippen molar-refractivity contribution in [3.05, 3.63) is 69.3 Å². The van der Waals surface area contributed by atoms with Crippen molar-refractivity contribution in [2.45, 2.75) is 12.3 Å². The number of hydrogen-bond donors (Lipinski definition) is 0. The molecule has 0 heterocycles. The van der Waals surface area contributed by atoms with Gasteiger partial charge in [0.25, 0.3) is 0 Å². The maximum Gasteiger partial charge on any atom is 0.200 e. The van der Waals surface area contributed by atoms with E-state index >= 15 is 0 Å². The molecular formula is C14H5F10P. The number of rotatable bonds is 4. The first-order chi connectivity index (χ1) is 11.6. The first kappa shape index (κ1) is 19.5. The molecule has 0 spiro atoms. The van der Waals surface area contributed by atoms with Gasteiger partial charge in [-0.15, -0.1) is 8.58 Å². The molecule has 0 aliphatic rings. The van der Waals surface area contributed by atoms with Gasteiger partial charge in [0.1, 0.15) is 0 Å². The van der Waals surface area contributed by atoms with E-state index in [1.165, 1.54) is 0 Å². The van der Waals surface area contributed by atoms with Crippen LogP contribution in [0.25, 0.3) is 0 Å². The maximum absolute atomic E-state index is 13.4. The van der Waals surface area contributed by atoms with Gasteiger partial charge in [-0.1, -0.05) is 0 Å². The van der Waals surface area contributed by atoms with E-state index < -0.39 is 90.2 Å². The molecule has 2 rings (SSSR count). The van der Waals surface area contributed by atoms with Crippen molar-refractivity contribution >= 4 is 8.58 Å². The van der Waals surface area contributed by atoms with E-state index in [0.717, 1.165) is 0 Å². The molecule has 0 aliphatic carbocycles. The third-order valence-corrected chi connectivity index (χ3v) is 4.41. The Hall–Kier alpha value is -1.83. The molecule has 0 atom stereocenters. The van der Waals surface area contributed by atoms with Crippen molar-refractivity contribution in [1.82, 2.24) is 0 Å². The highest BCUT2D eigenvalue weighted by Gasteiger charge is 2.27. The van der Waals surface area contributed by atoms with E-state index in [9.17, 15) is 43.9 Å². The number of hydrogen-bond acceptors (Lipinski definition) is 0. The second-order valence-corrected chi connectivity index (χ2v) is 5.91. The van der Waals surface area contributed by atoms with Crippen LogP contribution in [0.5, 0.6) is 0 Å². The zero-order valence-corrected chi connectivity index (χ0v) is 12.7. The highest BCUT2D eigenvalue weighted by atomic mass is 31.1. The molecular weight excluding hydrogens is 389 g/mol. The quantitative estimate of drug-likeness (QED) is 0.280. The van der Waals surface area contributed by atoms with Crippen molar-refractivity contribution in [2.75, 3.05) is 0 Å². The molecule has 0 nitrogen and oxygen atoms in total. The third-order valence-electron chi connectivity index (χ3n) is 3.20. The second-order valence-electron chi connectivity index (χ2n) is 4.70. The molecule has 0 aromatic heterocycles. The van der Waals surface area contributed by atoms with Crippen LogP contribution >= 0.6 is 8.58 Å². The van der Waals surface area contributed by atoms with E-state index in [2.05, 4.69) is 0 Å². The van der Waals surface area contributed by atoms with Gasteiger partial charge < -0.3 is 0 Å². The van der Waals surface area contributed by atoms with Gasteiger partial charge in [-0.2, -0.15) is 0 Å². The lowest BCUT2D eigenvalue weighted by molar-refractivity contribution is 0.372. The fraction of sp³-hybridized carbons (Fsp3) is 0.143. The molecule has 0 saturated carbocycles. The summed E-state index contributed by atoms with van der Waals surface area (Å²) >= 11 is 0. The smallest absolute Gasteiger partial charge is 0.200 e.